The number of fused-ring (bicyclic) bond motifs is 4. The Balaban J connectivity index is 0.000000322. The average Bonchev–Trinajstić information content (AvgIpc) is 3.39. The Morgan fingerprint density at radius 2 is 1.53 bits per heavy atom. The Bertz CT molecular complexity index is 1850. The molecule has 0 atom stereocenters. The number of hydrogen-bond acceptors (Lipinski definition) is 3. The topological polar surface area (TPSA) is 50.2 Å². The summed E-state index contributed by atoms with van der Waals surface area (Å²) < 4.78 is 4.52. The number of pyridine rings is 1. The van der Waals surface area contributed by atoms with Gasteiger partial charge < -0.3 is 5.11 Å². The third-order valence-corrected chi connectivity index (χ3v) is 15.9. The minimum absolute atomic E-state index is 0. The van der Waals surface area contributed by atoms with Crippen molar-refractivity contribution in [2.24, 2.45) is 11.8 Å². The molecule has 0 unspecified atom stereocenters. The predicted molar refractivity (Wildman–Crippen MR) is 204 cm³/mol. The molecule has 2 aromatic heterocycles. The van der Waals surface area contributed by atoms with E-state index in [0.29, 0.717) is 0 Å². The van der Waals surface area contributed by atoms with Crippen LogP contribution in [0.2, 0.25) is 17.3 Å². The van der Waals surface area contributed by atoms with E-state index in [0.717, 1.165) is 36.9 Å². The summed E-state index contributed by atoms with van der Waals surface area (Å²) in [5.74, 6) is 7.97. The second kappa shape index (κ2) is 16.6. The van der Waals surface area contributed by atoms with Crippen LogP contribution < -0.4 is 4.40 Å². The van der Waals surface area contributed by atoms with Crippen LogP contribution in [0.1, 0.15) is 79.7 Å². The van der Waals surface area contributed by atoms with Gasteiger partial charge in [0, 0.05) is 38.0 Å². The van der Waals surface area contributed by atoms with E-state index in [1.54, 1.807) is 4.40 Å². The van der Waals surface area contributed by atoms with Gasteiger partial charge in [-0.25, -0.2) is 0 Å². The molecule has 0 aliphatic rings. The van der Waals surface area contributed by atoms with Gasteiger partial charge in [-0.1, -0.05) is 27.7 Å². The van der Waals surface area contributed by atoms with Gasteiger partial charge in [0.05, 0.1) is 5.76 Å². The number of rotatable bonds is 9. The van der Waals surface area contributed by atoms with E-state index >= 15 is 0 Å². The van der Waals surface area contributed by atoms with Crippen molar-refractivity contribution in [2.75, 3.05) is 0 Å². The number of benzene rings is 3. The van der Waals surface area contributed by atoms with Crippen LogP contribution in [0.25, 0.3) is 41.3 Å². The molecule has 253 valence electrons. The van der Waals surface area contributed by atoms with Crippen LogP contribution in [0.3, 0.4) is 0 Å². The molecule has 0 saturated heterocycles. The minimum atomic E-state index is -1.85. The molecule has 47 heavy (non-hydrogen) atoms. The molecule has 0 aliphatic carbocycles. The van der Waals surface area contributed by atoms with E-state index in [4.69, 9.17) is 4.98 Å². The maximum atomic E-state index is 11.7. The maximum absolute atomic E-state index is 11.7. The molecule has 6 heteroatoms. The van der Waals surface area contributed by atoms with Crippen LogP contribution in [0.15, 0.2) is 72.6 Å². The first-order chi connectivity index (χ1) is 21.7. The molecule has 1 radical (unpaired) electrons. The number of carbonyl (C=O) groups is 1. The summed E-state index contributed by atoms with van der Waals surface area (Å²) in [6, 6.07) is 24.1. The Morgan fingerprint density at radius 1 is 0.894 bits per heavy atom. The van der Waals surface area contributed by atoms with Crippen molar-refractivity contribution >= 4 is 68.0 Å². The van der Waals surface area contributed by atoms with Gasteiger partial charge >= 0.3 is 194 Å². The van der Waals surface area contributed by atoms with Gasteiger partial charge in [-0.15, -0.1) is 0 Å². The molecule has 3 nitrogen and oxygen atoms in total. The van der Waals surface area contributed by atoms with Gasteiger partial charge in [0.25, 0.3) is 0 Å². The van der Waals surface area contributed by atoms with Crippen molar-refractivity contribution in [3.8, 4) is 11.3 Å². The fourth-order valence-corrected chi connectivity index (χ4v) is 11.6. The number of allylic oxidation sites excluding steroid dienone is 2. The second-order valence-electron chi connectivity index (χ2n) is 14.5. The number of aliphatic hydroxyl groups excluding tert-OH is 1. The molecular weight excluding hydrogens is 882 g/mol. The summed E-state index contributed by atoms with van der Waals surface area (Å²) in [6.07, 6.45) is 6.89. The van der Waals surface area contributed by atoms with Crippen molar-refractivity contribution in [1.29, 1.82) is 0 Å². The van der Waals surface area contributed by atoms with Gasteiger partial charge in [-0.2, -0.15) is 0 Å². The van der Waals surface area contributed by atoms with Crippen molar-refractivity contribution < 1.29 is 30.0 Å². The summed E-state index contributed by atoms with van der Waals surface area (Å²) >= 11 is -1.57. The smallest absolute Gasteiger partial charge is 0.162 e. The molecule has 0 aliphatic heterocycles. The molecule has 0 bridgehead atoms. The van der Waals surface area contributed by atoms with Crippen molar-refractivity contribution in [2.45, 2.75) is 96.8 Å². The molecule has 1 N–H and O–H groups in total. The first-order valence-corrected chi connectivity index (χ1v) is 26.0. The summed E-state index contributed by atoms with van der Waals surface area (Å²) in [7, 11) is 0. The zero-order valence-electron chi connectivity index (χ0n) is 29.9. The zero-order valence-corrected chi connectivity index (χ0v) is 36.1. The number of aromatic nitrogens is 1. The first kappa shape index (κ1) is 39.4. The molecule has 3 aromatic carbocycles. The standard InChI is InChI=1S/C28H28GeNSe.C13H24O2.Ir/c1-28(2,3)24-16-19(15-18-9-7-8-10-21(18)24)26-27-23(13-14-30-26)22-12-11-20(29(4,5)6)17-25(22)31-27;1-5-10(6-2)12(14)9-13(15)11(7-3)8-4;/h7-14,16-17H,1-6H3;9-11,14H,5-8H2,1-4H3;/q-1;;/b;12-9-;. The van der Waals surface area contributed by atoms with Crippen LogP contribution in [-0.4, -0.2) is 43.6 Å². The summed E-state index contributed by atoms with van der Waals surface area (Å²) in [5, 5.41) is 15.0. The maximum Gasteiger partial charge on any atom is 0.162 e. The van der Waals surface area contributed by atoms with Crippen molar-refractivity contribution in [3.05, 3.63) is 84.3 Å². The van der Waals surface area contributed by atoms with Crippen LogP contribution in [0, 0.1) is 17.9 Å². The molecule has 2 heterocycles. The van der Waals surface area contributed by atoms with E-state index in [1.165, 1.54) is 41.7 Å². The predicted octanol–water partition coefficient (Wildman–Crippen LogP) is 10.8. The van der Waals surface area contributed by atoms with Gasteiger partial charge in [-0.3, -0.25) is 4.79 Å². The summed E-state index contributed by atoms with van der Waals surface area (Å²) in [5.41, 5.74) is 3.67. The van der Waals surface area contributed by atoms with E-state index in [9.17, 15) is 9.90 Å². The fraction of sp³-hybridized carbons (Fsp3) is 0.415. The van der Waals surface area contributed by atoms with Crippen molar-refractivity contribution in [3.63, 3.8) is 0 Å². The van der Waals surface area contributed by atoms with E-state index in [2.05, 4.69) is 98.7 Å². The number of nitrogens with zero attached hydrogens (tertiary/aromatic N) is 1. The molecule has 0 fully saturated rings. The third kappa shape index (κ3) is 9.17. The van der Waals surface area contributed by atoms with Gasteiger partial charge in [0.1, 0.15) is 0 Å². The average molecular weight is 935 g/mol. The first-order valence-electron chi connectivity index (χ1n) is 16.9. The Morgan fingerprint density at radius 3 is 2.13 bits per heavy atom. The second-order valence-corrected chi connectivity index (χ2v) is 27.4. The Kier molecular flexibility index (Phi) is 13.9. The largest absolute Gasteiger partial charge is 0.512 e. The number of hydrogen-bond donors (Lipinski definition) is 1. The van der Waals surface area contributed by atoms with Gasteiger partial charge in [0.15, 0.2) is 5.78 Å². The molecule has 0 amide bonds. The zero-order chi connectivity index (χ0) is 33.8. The monoisotopic (exact) mass is 937 g/mol. The number of ketones is 1. The summed E-state index contributed by atoms with van der Waals surface area (Å²) in [6.45, 7) is 14.9. The SMILES string of the molecule is CC(C)(C)c1cc(-c2nccc3c2[se]c2c[c]([Ge]([CH3])([CH3])[CH3])ccc23)[c-]c2ccccc12.CCC(CC)C(=O)/C=C(\O)C(CC)CC.[Ir]. The molecule has 0 saturated carbocycles. The van der Waals surface area contributed by atoms with Crippen LogP contribution in [-0.2, 0) is 30.3 Å². The van der Waals surface area contributed by atoms with E-state index < -0.39 is 13.3 Å². The van der Waals surface area contributed by atoms with E-state index in [1.807, 2.05) is 33.9 Å². The van der Waals surface area contributed by atoms with Crippen LogP contribution in [0.4, 0.5) is 0 Å². The molecular formula is C41H52GeIrNO2Se-. The van der Waals surface area contributed by atoms with Crippen molar-refractivity contribution in [1.82, 2.24) is 4.98 Å². The number of carbonyl (C=O) groups excluding carboxylic acids is 1. The molecule has 5 rings (SSSR count). The summed E-state index contributed by atoms with van der Waals surface area (Å²) in [4.78, 5) is 16.6. The van der Waals surface area contributed by atoms with Gasteiger partial charge in [0.2, 0.25) is 0 Å². The molecule has 0 spiro atoms. The third-order valence-electron chi connectivity index (χ3n) is 9.17. The normalized spacial score (nSPS) is 12.5. The van der Waals surface area contributed by atoms with Gasteiger partial charge in [-0.05, 0) is 25.7 Å². The minimum Gasteiger partial charge on any atom is -0.512 e. The quantitative estimate of drug-likeness (QED) is 0.0693. The van der Waals surface area contributed by atoms with E-state index in [-0.39, 0.29) is 63.4 Å². The molecule has 5 aromatic rings. The van der Waals surface area contributed by atoms with Crippen LogP contribution in [0.5, 0.6) is 0 Å². The number of aliphatic hydroxyl groups is 1. The Hall–Kier alpha value is -2.01. The fourth-order valence-electron chi connectivity index (χ4n) is 6.12. The Labute approximate surface area is 305 Å². The van der Waals surface area contributed by atoms with Crippen LogP contribution >= 0.6 is 0 Å².